The summed E-state index contributed by atoms with van der Waals surface area (Å²) in [4.78, 5) is 26.2. The number of benzene rings is 2. The highest BCUT2D eigenvalue weighted by atomic mass is 19.4. The number of hydrogen-bond acceptors (Lipinski definition) is 6. The number of halogens is 3. The number of alkyl halides is 3. The summed E-state index contributed by atoms with van der Waals surface area (Å²) < 4.78 is 49.8. The van der Waals surface area contributed by atoms with Crippen molar-refractivity contribution in [3.05, 3.63) is 58.1 Å². The van der Waals surface area contributed by atoms with Crippen LogP contribution in [0.25, 0.3) is 0 Å². The van der Waals surface area contributed by atoms with Crippen LogP contribution in [0.3, 0.4) is 0 Å². The standard InChI is InChI=1S/C22H24F3N3O5/c1-2-13-32-17-4-6-18(7-5-17)33-15-21(29)27-11-9-26(10-12-27)19-8-3-16(22(23,24)25)14-20(19)28(30)31/h3-8,14H,2,9-13,15H2,1H3. The van der Waals surface area contributed by atoms with E-state index >= 15 is 0 Å². The van der Waals surface area contributed by atoms with Crippen molar-refractivity contribution in [1.82, 2.24) is 4.90 Å². The Kier molecular flexibility index (Phi) is 7.62. The fourth-order valence-corrected chi connectivity index (χ4v) is 3.40. The molecule has 1 fully saturated rings. The molecule has 33 heavy (non-hydrogen) atoms. The van der Waals surface area contributed by atoms with Gasteiger partial charge in [-0.1, -0.05) is 6.92 Å². The van der Waals surface area contributed by atoms with Gasteiger partial charge in [0, 0.05) is 32.2 Å². The van der Waals surface area contributed by atoms with Gasteiger partial charge >= 0.3 is 6.18 Å². The van der Waals surface area contributed by atoms with Gasteiger partial charge in [0.1, 0.15) is 17.2 Å². The Labute approximate surface area is 188 Å². The van der Waals surface area contributed by atoms with E-state index in [1.54, 1.807) is 34.1 Å². The molecule has 0 bridgehead atoms. The largest absolute Gasteiger partial charge is 0.494 e. The summed E-state index contributed by atoms with van der Waals surface area (Å²) in [6, 6.07) is 9.40. The lowest BCUT2D eigenvalue weighted by Crippen LogP contribution is -2.50. The first-order chi connectivity index (χ1) is 15.7. The van der Waals surface area contributed by atoms with Crippen LogP contribution in [0.15, 0.2) is 42.5 Å². The third kappa shape index (κ3) is 6.27. The number of carbonyl (C=O) groups excluding carboxylic acids is 1. The highest BCUT2D eigenvalue weighted by Crippen LogP contribution is 2.36. The molecule has 3 rings (SSSR count). The number of nitro benzene ring substituents is 1. The third-order valence-electron chi connectivity index (χ3n) is 5.13. The summed E-state index contributed by atoms with van der Waals surface area (Å²) in [6.07, 6.45) is -3.77. The Hall–Kier alpha value is -3.50. The van der Waals surface area contributed by atoms with Crippen molar-refractivity contribution in [3.63, 3.8) is 0 Å². The van der Waals surface area contributed by atoms with E-state index in [-0.39, 0.29) is 44.4 Å². The molecule has 1 heterocycles. The molecule has 0 N–H and O–H groups in total. The first kappa shape index (κ1) is 24.1. The summed E-state index contributed by atoms with van der Waals surface area (Å²) in [5.74, 6) is 0.984. The second-order valence-electron chi connectivity index (χ2n) is 7.43. The van der Waals surface area contributed by atoms with E-state index in [0.29, 0.717) is 24.2 Å². The molecule has 0 saturated carbocycles. The maximum atomic E-state index is 12.9. The smallest absolute Gasteiger partial charge is 0.416 e. The van der Waals surface area contributed by atoms with Crippen LogP contribution in [0.5, 0.6) is 11.5 Å². The summed E-state index contributed by atoms with van der Waals surface area (Å²) in [6.45, 7) is 3.49. The lowest BCUT2D eigenvalue weighted by Gasteiger charge is -2.35. The topological polar surface area (TPSA) is 85.2 Å². The highest BCUT2D eigenvalue weighted by Gasteiger charge is 2.34. The van der Waals surface area contributed by atoms with Gasteiger partial charge in [-0.25, -0.2) is 0 Å². The van der Waals surface area contributed by atoms with Crippen LogP contribution in [0, 0.1) is 10.1 Å². The molecule has 1 saturated heterocycles. The average molecular weight is 467 g/mol. The van der Waals surface area contributed by atoms with Gasteiger partial charge in [-0.15, -0.1) is 0 Å². The Morgan fingerprint density at radius 2 is 1.64 bits per heavy atom. The third-order valence-corrected chi connectivity index (χ3v) is 5.13. The minimum atomic E-state index is -4.67. The molecule has 0 spiro atoms. The van der Waals surface area contributed by atoms with Crippen molar-refractivity contribution >= 4 is 17.3 Å². The van der Waals surface area contributed by atoms with Gasteiger partial charge < -0.3 is 19.3 Å². The first-order valence-electron chi connectivity index (χ1n) is 10.4. The molecule has 2 aromatic rings. The summed E-state index contributed by atoms with van der Waals surface area (Å²) in [5, 5.41) is 11.3. The Morgan fingerprint density at radius 3 is 2.18 bits per heavy atom. The molecular weight excluding hydrogens is 443 g/mol. The van der Waals surface area contributed by atoms with Gasteiger partial charge in [-0.2, -0.15) is 13.2 Å². The van der Waals surface area contributed by atoms with Crippen molar-refractivity contribution in [2.45, 2.75) is 19.5 Å². The predicted molar refractivity (Wildman–Crippen MR) is 115 cm³/mol. The second kappa shape index (κ2) is 10.4. The number of nitro groups is 1. The predicted octanol–water partition coefficient (Wildman–Crippen LogP) is 4.13. The molecule has 8 nitrogen and oxygen atoms in total. The van der Waals surface area contributed by atoms with Gasteiger partial charge in [0.15, 0.2) is 6.61 Å². The molecule has 178 valence electrons. The normalized spacial score (nSPS) is 14.2. The van der Waals surface area contributed by atoms with Gasteiger partial charge in [-0.3, -0.25) is 14.9 Å². The summed E-state index contributed by atoms with van der Waals surface area (Å²) in [5.41, 5.74) is -1.59. The molecule has 0 radical (unpaired) electrons. The van der Waals surface area contributed by atoms with E-state index in [4.69, 9.17) is 9.47 Å². The lowest BCUT2D eigenvalue weighted by molar-refractivity contribution is -0.384. The number of ether oxygens (including phenoxy) is 2. The van der Waals surface area contributed by atoms with Gasteiger partial charge in [-0.05, 0) is 42.8 Å². The summed E-state index contributed by atoms with van der Waals surface area (Å²) in [7, 11) is 0. The molecule has 1 amide bonds. The SMILES string of the molecule is CCCOc1ccc(OCC(=O)N2CCN(c3ccc(C(F)(F)F)cc3[N+](=O)[O-])CC2)cc1. The zero-order valence-electron chi connectivity index (χ0n) is 18.0. The molecular formula is C22H24F3N3O5. The maximum absolute atomic E-state index is 12.9. The number of hydrogen-bond donors (Lipinski definition) is 0. The number of amides is 1. The van der Waals surface area contributed by atoms with Crippen LogP contribution in [-0.4, -0.2) is 55.1 Å². The molecule has 0 aromatic heterocycles. The van der Waals surface area contributed by atoms with Crippen molar-refractivity contribution in [2.75, 3.05) is 44.3 Å². The Morgan fingerprint density at radius 1 is 1.03 bits per heavy atom. The van der Waals surface area contributed by atoms with Crippen LogP contribution < -0.4 is 14.4 Å². The Bertz CT molecular complexity index is 974. The van der Waals surface area contributed by atoms with Crippen LogP contribution >= 0.6 is 0 Å². The molecule has 1 aliphatic heterocycles. The number of carbonyl (C=O) groups is 1. The molecule has 1 aliphatic rings. The lowest BCUT2D eigenvalue weighted by atomic mass is 10.1. The van der Waals surface area contributed by atoms with E-state index in [1.165, 1.54) is 0 Å². The van der Waals surface area contributed by atoms with E-state index in [2.05, 4.69) is 0 Å². The Balaban J connectivity index is 1.55. The van der Waals surface area contributed by atoms with Crippen LogP contribution in [0.4, 0.5) is 24.5 Å². The number of rotatable bonds is 8. The maximum Gasteiger partial charge on any atom is 0.416 e. The fraction of sp³-hybridized carbons (Fsp3) is 0.409. The van der Waals surface area contributed by atoms with Crippen molar-refractivity contribution in [1.29, 1.82) is 0 Å². The molecule has 11 heteroatoms. The quantitative estimate of drug-likeness (QED) is 0.429. The molecule has 0 atom stereocenters. The fourth-order valence-electron chi connectivity index (χ4n) is 3.40. The van der Waals surface area contributed by atoms with Crippen molar-refractivity contribution in [3.8, 4) is 11.5 Å². The van der Waals surface area contributed by atoms with Crippen molar-refractivity contribution < 1.29 is 32.4 Å². The van der Waals surface area contributed by atoms with Gasteiger partial charge in [0.2, 0.25) is 0 Å². The minimum Gasteiger partial charge on any atom is -0.494 e. The zero-order chi connectivity index (χ0) is 24.0. The van der Waals surface area contributed by atoms with Gasteiger partial charge in [0.25, 0.3) is 11.6 Å². The average Bonchev–Trinajstić information content (AvgIpc) is 2.81. The monoisotopic (exact) mass is 467 g/mol. The number of nitrogens with zero attached hydrogens (tertiary/aromatic N) is 3. The first-order valence-corrected chi connectivity index (χ1v) is 10.4. The zero-order valence-corrected chi connectivity index (χ0v) is 18.0. The van der Waals surface area contributed by atoms with Crippen LogP contribution in [0.1, 0.15) is 18.9 Å². The molecule has 0 unspecified atom stereocenters. The van der Waals surface area contributed by atoms with E-state index in [1.807, 2.05) is 6.92 Å². The number of anilines is 1. The van der Waals surface area contributed by atoms with E-state index < -0.39 is 22.4 Å². The van der Waals surface area contributed by atoms with Crippen LogP contribution in [-0.2, 0) is 11.0 Å². The second-order valence-corrected chi connectivity index (χ2v) is 7.43. The van der Waals surface area contributed by atoms with E-state index in [9.17, 15) is 28.1 Å². The van der Waals surface area contributed by atoms with E-state index in [0.717, 1.165) is 18.6 Å². The number of piperazine rings is 1. The van der Waals surface area contributed by atoms with Gasteiger partial charge in [0.05, 0.1) is 17.1 Å². The van der Waals surface area contributed by atoms with Crippen LogP contribution in [0.2, 0.25) is 0 Å². The minimum absolute atomic E-state index is 0.0988. The summed E-state index contributed by atoms with van der Waals surface area (Å²) >= 11 is 0. The molecule has 2 aromatic carbocycles. The highest BCUT2D eigenvalue weighted by molar-refractivity contribution is 5.78. The molecule has 0 aliphatic carbocycles. The van der Waals surface area contributed by atoms with Crippen molar-refractivity contribution in [2.24, 2.45) is 0 Å².